The highest BCUT2D eigenvalue weighted by atomic mass is 19.4. The highest BCUT2D eigenvalue weighted by molar-refractivity contribution is 5.73. The molecule has 0 atom stereocenters. The van der Waals surface area contributed by atoms with Gasteiger partial charge in [-0.15, -0.1) is 0 Å². The second-order valence-electron chi connectivity index (χ2n) is 9.12. The first kappa shape index (κ1) is 32.0. The minimum atomic E-state index is -5.08. The molecule has 3 heterocycles. The number of hydrogen-bond acceptors (Lipinski definition) is 6. The third-order valence-corrected chi connectivity index (χ3v) is 6.61. The van der Waals surface area contributed by atoms with Crippen LogP contribution < -0.4 is 4.74 Å². The number of ether oxygens (including phenoxy) is 1. The van der Waals surface area contributed by atoms with Crippen molar-refractivity contribution >= 4 is 11.9 Å². The van der Waals surface area contributed by atoms with Crippen LogP contribution in [0, 0.1) is 6.92 Å². The average molecular weight is 569 g/mol. The number of benzene rings is 1. The molecule has 1 fully saturated rings. The van der Waals surface area contributed by atoms with Crippen LogP contribution in [0.5, 0.6) is 5.75 Å². The van der Waals surface area contributed by atoms with Gasteiger partial charge in [-0.2, -0.15) is 26.3 Å². The predicted octanol–water partition coefficient (Wildman–Crippen LogP) is 4.84. The van der Waals surface area contributed by atoms with Crippen LogP contribution in [0.15, 0.2) is 34.7 Å². The Hall–Kier alpha value is -3.26. The Morgan fingerprint density at radius 3 is 1.95 bits per heavy atom. The normalized spacial score (nSPS) is 17.3. The molecule has 1 spiro atoms. The van der Waals surface area contributed by atoms with Crippen LogP contribution in [0.25, 0.3) is 0 Å². The number of aliphatic carboxylic acids is 2. The van der Waals surface area contributed by atoms with Crippen LogP contribution in [-0.2, 0) is 28.1 Å². The number of carbonyl (C=O) groups is 2. The lowest BCUT2D eigenvalue weighted by molar-refractivity contribution is -0.193. The smallest absolute Gasteiger partial charge is 0.490 e. The Labute approximate surface area is 220 Å². The van der Waals surface area contributed by atoms with E-state index in [9.17, 15) is 26.3 Å². The van der Waals surface area contributed by atoms with Gasteiger partial charge in [0.2, 0.25) is 0 Å². The quantitative estimate of drug-likeness (QED) is 0.507. The Bertz CT molecular complexity index is 1100. The number of methoxy groups -OCH3 is 1. The zero-order chi connectivity index (χ0) is 29.6. The summed E-state index contributed by atoms with van der Waals surface area (Å²) in [5.41, 5.74) is 3.13. The van der Waals surface area contributed by atoms with E-state index in [4.69, 9.17) is 29.0 Å². The van der Waals surface area contributed by atoms with E-state index >= 15 is 0 Å². The summed E-state index contributed by atoms with van der Waals surface area (Å²) in [4.78, 5) is 22.9. The second-order valence-corrected chi connectivity index (χ2v) is 9.12. The number of carboxylic acids is 2. The number of carboxylic acid groups (broad SMARTS) is 2. The number of hydrogen-bond donors (Lipinski definition) is 2. The number of nitrogens with zero attached hydrogens (tertiary/aromatic N) is 2. The summed E-state index contributed by atoms with van der Waals surface area (Å²) in [6.07, 6.45) is -6.72. The fourth-order valence-electron chi connectivity index (χ4n) is 4.56. The Kier molecular flexibility index (Phi) is 10.4. The van der Waals surface area contributed by atoms with Crippen molar-refractivity contribution in [2.75, 3.05) is 33.8 Å². The van der Waals surface area contributed by atoms with E-state index in [0.717, 1.165) is 62.7 Å². The maximum Gasteiger partial charge on any atom is 0.490 e. The molecule has 0 unspecified atom stereocenters. The first-order valence-corrected chi connectivity index (χ1v) is 11.8. The zero-order valence-electron chi connectivity index (χ0n) is 21.5. The molecule has 0 bridgehead atoms. The largest absolute Gasteiger partial charge is 0.497 e. The van der Waals surface area contributed by atoms with Crippen LogP contribution in [0.1, 0.15) is 35.5 Å². The number of furan rings is 1. The molecule has 0 aliphatic carbocycles. The maximum absolute atomic E-state index is 10.6. The zero-order valence-corrected chi connectivity index (χ0v) is 21.5. The van der Waals surface area contributed by atoms with E-state index in [1.807, 2.05) is 6.92 Å². The molecule has 14 heteroatoms. The molecule has 2 aliphatic rings. The van der Waals surface area contributed by atoms with Crippen molar-refractivity contribution in [1.29, 1.82) is 0 Å². The molecule has 0 saturated carbocycles. The van der Waals surface area contributed by atoms with Crippen LogP contribution in [-0.4, -0.2) is 78.1 Å². The van der Waals surface area contributed by atoms with Gasteiger partial charge in [-0.05, 0) is 68.6 Å². The third-order valence-electron chi connectivity index (χ3n) is 6.61. The highest BCUT2D eigenvalue weighted by Crippen LogP contribution is 2.44. The summed E-state index contributed by atoms with van der Waals surface area (Å²) in [5.74, 6) is -2.47. The van der Waals surface area contributed by atoms with Crippen molar-refractivity contribution in [3.05, 3.63) is 53.0 Å². The van der Waals surface area contributed by atoms with Crippen molar-refractivity contribution in [3.8, 4) is 5.75 Å². The number of fused-ring (bicyclic) bond motifs is 2. The van der Waals surface area contributed by atoms with Crippen LogP contribution in [0.3, 0.4) is 0 Å². The van der Waals surface area contributed by atoms with Gasteiger partial charge in [0, 0.05) is 25.2 Å². The SMILES string of the molecule is COc1ccc2c(c1)C1(CCN(Cc3ccc(C)o3)CC1)N(C)CC2.O=C(O)C(F)(F)F.O=C(O)C(F)(F)F. The summed E-state index contributed by atoms with van der Waals surface area (Å²) < 4.78 is 74.7. The fourth-order valence-corrected chi connectivity index (χ4v) is 4.56. The summed E-state index contributed by atoms with van der Waals surface area (Å²) in [7, 11) is 4.04. The van der Waals surface area contributed by atoms with Gasteiger partial charge in [-0.3, -0.25) is 9.80 Å². The molecule has 2 N–H and O–H groups in total. The number of aryl methyl sites for hydroxylation is 1. The van der Waals surface area contributed by atoms with E-state index in [2.05, 4.69) is 47.2 Å². The number of alkyl halides is 6. The van der Waals surface area contributed by atoms with Gasteiger partial charge in [0.05, 0.1) is 13.7 Å². The van der Waals surface area contributed by atoms with Gasteiger partial charge in [0.15, 0.2) is 0 Å². The van der Waals surface area contributed by atoms with Crippen molar-refractivity contribution in [1.82, 2.24) is 9.80 Å². The van der Waals surface area contributed by atoms with E-state index in [0.29, 0.717) is 0 Å². The van der Waals surface area contributed by atoms with E-state index in [-0.39, 0.29) is 5.54 Å². The standard InChI is InChI=1S/C21H28N2O2.2C2HF3O2/c1-16-4-6-19(25-16)15-23-12-9-21(10-13-23)20-14-18(24-3)7-5-17(20)8-11-22(21)2;2*3-2(4,5)1(6)7/h4-7,14H,8-13,15H2,1-3H3;2*(H,6,7). The highest BCUT2D eigenvalue weighted by Gasteiger charge is 2.43. The monoisotopic (exact) mass is 568 g/mol. The molecule has 8 nitrogen and oxygen atoms in total. The molecule has 218 valence electrons. The minimum absolute atomic E-state index is 0.151. The predicted molar refractivity (Wildman–Crippen MR) is 126 cm³/mol. The third kappa shape index (κ3) is 8.62. The number of likely N-dealkylation sites (N-methyl/N-ethyl adjacent to an activating group) is 1. The average Bonchev–Trinajstić information content (AvgIpc) is 3.26. The molecule has 0 amide bonds. The van der Waals surface area contributed by atoms with Crippen LogP contribution >= 0.6 is 0 Å². The summed E-state index contributed by atoms with van der Waals surface area (Å²) >= 11 is 0. The molecule has 2 aliphatic heterocycles. The van der Waals surface area contributed by atoms with E-state index in [1.54, 1.807) is 7.11 Å². The topological polar surface area (TPSA) is 103 Å². The molecule has 1 aromatic heterocycles. The van der Waals surface area contributed by atoms with Gasteiger partial charge in [0.1, 0.15) is 17.3 Å². The molecule has 39 heavy (non-hydrogen) atoms. The van der Waals surface area contributed by atoms with Gasteiger partial charge < -0.3 is 19.4 Å². The molecule has 1 aromatic carbocycles. The van der Waals surface area contributed by atoms with Crippen molar-refractivity contribution in [2.24, 2.45) is 0 Å². The molecule has 4 rings (SSSR count). The first-order chi connectivity index (χ1) is 18.0. The molecule has 0 radical (unpaired) electrons. The number of piperidine rings is 1. The van der Waals surface area contributed by atoms with Gasteiger partial charge >= 0.3 is 24.3 Å². The number of halogens is 6. The Balaban J connectivity index is 0.000000317. The van der Waals surface area contributed by atoms with Gasteiger partial charge in [-0.25, -0.2) is 9.59 Å². The molecule has 1 saturated heterocycles. The van der Waals surface area contributed by atoms with Crippen LogP contribution in [0.2, 0.25) is 0 Å². The van der Waals surface area contributed by atoms with E-state index < -0.39 is 24.3 Å². The molecular formula is C25H30F6N2O6. The number of rotatable bonds is 3. The fraction of sp³-hybridized carbons (Fsp3) is 0.520. The summed E-state index contributed by atoms with van der Waals surface area (Å²) in [6.45, 7) is 6.26. The first-order valence-electron chi connectivity index (χ1n) is 11.8. The van der Waals surface area contributed by atoms with Crippen molar-refractivity contribution in [3.63, 3.8) is 0 Å². The van der Waals surface area contributed by atoms with Crippen molar-refractivity contribution < 1.29 is 55.3 Å². The number of likely N-dealkylation sites (tertiary alicyclic amines) is 1. The van der Waals surface area contributed by atoms with Crippen LogP contribution in [0.4, 0.5) is 26.3 Å². The minimum Gasteiger partial charge on any atom is -0.497 e. The lowest BCUT2D eigenvalue weighted by atomic mass is 9.74. The van der Waals surface area contributed by atoms with E-state index in [1.165, 1.54) is 11.1 Å². The maximum atomic E-state index is 10.6. The summed E-state index contributed by atoms with van der Waals surface area (Å²) in [5, 5.41) is 14.2. The lowest BCUT2D eigenvalue weighted by Gasteiger charge is -2.51. The lowest BCUT2D eigenvalue weighted by Crippen LogP contribution is -2.54. The van der Waals surface area contributed by atoms with Gasteiger partial charge in [0.25, 0.3) is 0 Å². The molecule has 2 aromatic rings. The summed E-state index contributed by atoms with van der Waals surface area (Å²) in [6, 6.07) is 10.8. The Morgan fingerprint density at radius 1 is 0.974 bits per heavy atom. The second kappa shape index (κ2) is 12.7. The van der Waals surface area contributed by atoms with Crippen molar-refractivity contribution in [2.45, 2.75) is 50.6 Å². The van der Waals surface area contributed by atoms with Gasteiger partial charge in [-0.1, -0.05) is 6.07 Å². The Morgan fingerprint density at radius 2 is 1.51 bits per heavy atom. The molecular weight excluding hydrogens is 538 g/mol.